The number of hydrogen-bond acceptors (Lipinski definition) is 2. The summed E-state index contributed by atoms with van der Waals surface area (Å²) >= 11 is 0. The lowest BCUT2D eigenvalue weighted by Crippen LogP contribution is -2.17. The van der Waals surface area contributed by atoms with E-state index in [9.17, 15) is 18.7 Å². The largest absolute Gasteiger partial charge is 0.481 e. The fourth-order valence-electron chi connectivity index (χ4n) is 5.04. The Kier molecular flexibility index (Phi) is 6.02. The van der Waals surface area contributed by atoms with Gasteiger partial charge in [0.25, 0.3) is 0 Å². The van der Waals surface area contributed by atoms with Gasteiger partial charge in [-0.2, -0.15) is 0 Å². The first-order valence-corrected chi connectivity index (χ1v) is 11.3. The molecule has 0 bridgehead atoms. The van der Waals surface area contributed by atoms with Crippen molar-refractivity contribution >= 4 is 16.9 Å². The summed E-state index contributed by atoms with van der Waals surface area (Å²) in [7, 11) is 0. The van der Waals surface area contributed by atoms with Crippen LogP contribution >= 0.6 is 0 Å². The van der Waals surface area contributed by atoms with Crippen LogP contribution in [-0.2, 0) is 17.6 Å². The van der Waals surface area contributed by atoms with Gasteiger partial charge in [-0.1, -0.05) is 35.9 Å². The van der Waals surface area contributed by atoms with Gasteiger partial charge in [0.15, 0.2) is 0 Å². The number of alkyl halides is 2. The normalized spacial score (nSPS) is 14.5. The van der Waals surface area contributed by atoms with Crippen LogP contribution in [0.4, 0.5) is 8.78 Å². The molecule has 0 saturated heterocycles. The zero-order chi connectivity index (χ0) is 23.0. The van der Waals surface area contributed by atoms with Gasteiger partial charge in [0.05, 0.1) is 11.4 Å². The van der Waals surface area contributed by atoms with Crippen molar-refractivity contribution in [1.29, 1.82) is 0 Å². The highest BCUT2D eigenvalue weighted by Crippen LogP contribution is 2.43. The van der Waals surface area contributed by atoms with Crippen LogP contribution < -0.4 is 0 Å². The molecule has 0 aliphatic heterocycles. The standard InChI is InChI=1S/C27H29F2NO2/c1-16-9-11-19(12-10-16)24-23(21(26(31)32)8-5-15-27(3,28)29)17(2)30-22-14-13-18-6-4-7-20(18)25(22)24/h9-14,21H,4-8,15H2,1-3H3,(H,31,32). The molecule has 0 fully saturated rings. The van der Waals surface area contributed by atoms with Crippen molar-refractivity contribution in [2.45, 2.75) is 71.1 Å². The average molecular weight is 438 g/mol. The molecule has 5 heteroatoms. The van der Waals surface area contributed by atoms with Gasteiger partial charge < -0.3 is 5.11 Å². The number of halogens is 2. The monoisotopic (exact) mass is 437 g/mol. The molecule has 0 amide bonds. The first-order chi connectivity index (χ1) is 15.2. The minimum atomic E-state index is -2.81. The second-order valence-electron chi connectivity index (χ2n) is 9.16. The Balaban J connectivity index is 1.96. The van der Waals surface area contributed by atoms with E-state index in [1.54, 1.807) is 0 Å². The third kappa shape index (κ3) is 4.38. The van der Waals surface area contributed by atoms with Gasteiger partial charge in [-0.15, -0.1) is 0 Å². The van der Waals surface area contributed by atoms with Crippen LogP contribution in [0.3, 0.4) is 0 Å². The number of benzene rings is 2. The summed E-state index contributed by atoms with van der Waals surface area (Å²) in [5, 5.41) is 11.2. The van der Waals surface area contributed by atoms with E-state index < -0.39 is 17.8 Å². The molecule has 0 spiro atoms. The van der Waals surface area contributed by atoms with E-state index >= 15 is 0 Å². The number of nitrogens with zero attached hydrogens (tertiary/aromatic N) is 1. The summed E-state index contributed by atoms with van der Waals surface area (Å²) in [4.78, 5) is 17.2. The molecule has 1 aliphatic carbocycles. The maximum absolute atomic E-state index is 13.4. The van der Waals surface area contributed by atoms with Crippen molar-refractivity contribution in [2.24, 2.45) is 0 Å². The molecule has 1 unspecified atom stereocenters. The summed E-state index contributed by atoms with van der Waals surface area (Å²) in [6.07, 6.45) is 2.98. The van der Waals surface area contributed by atoms with Crippen molar-refractivity contribution in [3.63, 3.8) is 0 Å². The second-order valence-corrected chi connectivity index (χ2v) is 9.16. The van der Waals surface area contributed by atoms with Crippen LogP contribution in [0.5, 0.6) is 0 Å². The van der Waals surface area contributed by atoms with Gasteiger partial charge >= 0.3 is 5.97 Å². The van der Waals surface area contributed by atoms with Crippen LogP contribution in [0.25, 0.3) is 22.0 Å². The van der Waals surface area contributed by atoms with E-state index in [1.165, 1.54) is 11.1 Å². The third-order valence-corrected chi connectivity index (χ3v) is 6.55. The van der Waals surface area contributed by atoms with Gasteiger partial charge in [-0.25, -0.2) is 8.78 Å². The number of pyridine rings is 1. The van der Waals surface area contributed by atoms with Crippen LogP contribution in [0.15, 0.2) is 36.4 Å². The number of carbonyl (C=O) groups is 1. The number of fused-ring (bicyclic) bond motifs is 3. The molecule has 1 aromatic heterocycles. The molecule has 1 aliphatic rings. The third-order valence-electron chi connectivity index (χ3n) is 6.55. The molecule has 0 radical (unpaired) electrons. The highest BCUT2D eigenvalue weighted by molar-refractivity contribution is 6.01. The van der Waals surface area contributed by atoms with E-state index in [-0.39, 0.29) is 19.3 Å². The molecule has 1 heterocycles. The molecule has 2 aromatic carbocycles. The van der Waals surface area contributed by atoms with Crippen LogP contribution in [0, 0.1) is 13.8 Å². The summed E-state index contributed by atoms with van der Waals surface area (Å²) < 4.78 is 26.9. The number of aliphatic carboxylic acids is 1. The van der Waals surface area contributed by atoms with E-state index in [4.69, 9.17) is 4.98 Å². The molecule has 3 aromatic rings. The Hall–Kier alpha value is -2.82. The lowest BCUT2D eigenvalue weighted by molar-refractivity contribution is -0.139. The molecule has 1 N–H and O–H groups in total. The first-order valence-electron chi connectivity index (χ1n) is 11.3. The lowest BCUT2D eigenvalue weighted by Gasteiger charge is -2.23. The molecule has 168 valence electrons. The fraction of sp³-hybridized carbons (Fsp3) is 0.407. The summed E-state index contributed by atoms with van der Waals surface area (Å²) in [6.45, 7) is 4.74. The second kappa shape index (κ2) is 8.61. The highest BCUT2D eigenvalue weighted by Gasteiger charge is 2.30. The van der Waals surface area contributed by atoms with Crippen molar-refractivity contribution < 1.29 is 18.7 Å². The van der Waals surface area contributed by atoms with Gasteiger partial charge in [0.2, 0.25) is 5.92 Å². The topological polar surface area (TPSA) is 50.2 Å². The lowest BCUT2D eigenvalue weighted by atomic mass is 9.82. The van der Waals surface area contributed by atoms with Crippen LogP contribution in [0.1, 0.15) is 66.5 Å². The molecular formula is C27H29F2NO2. The molecular weight excluding hydrogens is 408 g/mol. The minimum Gasteiger partial charge on any atom is -0.481 e. The number of aryl methyl sites for hydroxylation is 4. The van der Waals surface area contributed by atoms with Gasteiger partial charge in [0, 0.05) is 17.5 Å². The Morgan fingerprint density at radius 3 is 2.50 bits per heavy atom. The quantitative estimate of drug-likeness (QED) is 0.433. The van der Waals surface area contributed by atoms with Crippen molar-refractivity contribution in [3.8, 4) is 11.1 Å². The Bertz CT molecular complexity index is 1160. The summed E-state index contributed by atoms with van der Waals surface area (Å²) in [5.41, 5.74) is 7.70. The Morgan fingerprint density at radius 1 is 1.12 bits per heavy atom. The SMILES string of the molecule is Cc1ccc(-c2c(C(CCCC(C)(F)F)C(=O)O)c(C)nc3ccc4c(c23)CCC4)cc1. The average Bonchev–Trinajstić information content (AvgIpc) is 3.19. The molecule has 3 nitrogen and oxygen atoms in total. The number of carboxylic acids is 1. The zero-order valence-corrected chi connectivity index (χ0v) is 18.8. The fourth-order valence-corrected chi connectivity index (χ4v) is 5.04. The van der Waals surface area contributed by atoms with Crippen molar-refractivity contribution in [1.82, 2.24) is 4.98 Å². The van der Waals surface area contributed by atoms with E-state index in [0.29, 0.717) is 11.3 Å². The maximum atomic E-state index is 13.4. The van der Waals surface area contributed by atoms with E-state index in [1.807, 2.05) is 44.2 Å². The zero-order valence-electron chi connectivity index (χ0n) is 18.8. The molecule has 4 rings (SSSR count). The summed E-state index contributed by atoms with van der Waals surface area (Å²) in [6, 6.07) is 12.3. The Labute approximate surface area is 187 Å². The predicted molar refractivity (Wildman–Crippen MR) is 124 cm³/mol. The number of hydrogen-bond donors (Lipinski definition) is 1. The van der Waals surface area contributed by atoms with Gasteiger partial charge in [-0.05, 0) is 86.8 Å². The smallest absolute Gasteiger partial charge is 0.311 e. The highest BCUT2D eigenvalue weighted by atomic mass is 19.3. The van der Waals surface area contributed by atoms with Gasteiger partial charge in [0.1, 0.15) is 0 Å². The van der Waals surface area contributed by atoms with Crippen molar-refractivity contribution in [3.05, 3.63) is 64.3 Å². The van der Waals surface area contributed by atoms with Crippen molar-refractivity contribution in [2.75, 3.05) is 0 Å². The minimum absolute atomic E-state index is 0.137. The van der Waals surface area contributed by atoms with Gasteiger partial charge in [-0.3, -0.25) is 9.78 Å². The maximum Gasteiger partial charge on any atom is 0.311 e. The predicted octanol–water partition coefficient (Wildman–Crippen LogP) is 7.00. The number of aromatic nitrogens is 1. The first kappa shape index (κ1) is 22.4. The summed E-state index contributed by atoms with van der Waals surface area (Å²) in [5.74, 6) is -4.68. The molecule has 32 heavy (non-hydrogen) atoms. The Morgan fingerprint density at radius 2 is 1.84 bits per heavy atom. The molecule has 0 saturated carbocycles. The number of carboxylic acid groups (broad SMARTS) is 1. The van der Waals surface area contributed by atoms with Crippen LogP contribution in [0.2, 0.25) is 0 Å². The van der Waals surface area contributed by atoms with E-state index in [0.717, 1.165) is 53.8 Å². The van der Waals surface area contributed by atoms with Crippen LogP contribution in [-0.4, -0.2) is 22.0 Å². The number of rotatable bonds is 7. The van der Waals surface area contributed by atoms with E-state index in [2.05, 4.69) is 6.07 Å². The molecule has 1 atom stereocenters.